The molecular weight excluding hydrogens is 216 g/mol. The van der Waals surface area contributed by atoms with Gasteiger partial charge in [-0.3, -0.25) is 0 Å². The number of para-hydroxylation sites is 1. The highest BCUT2D eigenvalue weighted by molar-refractivity contribution is 7.09. The lowest BCUT2D eigenvalue weighted by Gasteiger charge is -1.90. The van der Waals surface area contributed by atoms with E-state index >= 15 is 0 Å². The topological polar surface area (TPSA) is 28.7 Å². The van der Waals surface area contributed by atoms with Crippen molar-refractivity contribution in [3.8, 4) is 0 Å². The fourth-order valence-electron chi connectivity index (χ4n) is 1.89. The van der Waals surface area contributed by atoms with Crippen LogP contribution >= 0.6 is 11.3 Å². The predicted molar refractivity (Wildman–Crippen MR) is 68.0 cm³/mol. The summed E-state index contributed by atoms with van der Waals surface area (Å²) in [5.74, 6) is 1.05. The van der Waals surface area contributed by atoms with Gasteiger partial charge in [0.2, 0.25) is 0 Å². The number of imidazole rings is 1. The van der Waals surface area contributed by atoms with Crippen LogP contribution in [-0.2, 0) is 6.42 Å². The first-order valence-corrected chi connectivity index (χ1v) is 6.17. The summed E-state index contributed by atoms with van der Waals surface area (Å²) in [6.45, 7) is 2.10. The number of thiophene rings is 1. The SMILES string of the molecule is Cc1cccc2[nH]c(Cc3cccs3)nc12. The third kappa shape index (κ3) is 1.63. The van der Waals surface area contributed by atoms with Crippen molar-refractivity contribution in [2.75, 3.05) is 0 Å². The largest absolute Gasteiger partial charge is 0.342 e. The van der Waals surface area contributed by atoms with E-state index in [2.05, 4.69) is 52.6 Å². The molecule has 2 aromatic heterocycles. The summed E-state index contributed by atoms with van der Waals surface area (Å²) in [6.07, 6.45) is 0.895. The fraction of sp³-hybridized carbons (Fsp3) is 0.154. The lowest BCUT2D eigenvalue weighted by Crippen LogP contribution is -1.86. The molecule has 0 bridgehead atoms. The first kappa shape index (κ1) is 9.60. The molecule has 2 nitrogen and oxygen atoms in total. The Hall–Kier alpha value is -1.61. The highest BCUT2D eigenvalue weighted by Gasteiger charge is 2.05. The maximum absolute atomic E-state index is 4.64. The zero-order valence-electron chi connectivity index (χ0n) is 9.03. The Morgan fingerprint density at radius 2 is 2.19 bits per heavy atom. The molecule has 16 heavy (non-hydrogen) atoms. The van der Waals surface area contributed by atoms with E-state index in [0.29, 0.717) is 0 Å². The van der Waals surface area contributed by atoms with E-state index in [1.807, 2.05) is 0 Å². The third-order valence-electron chi connectivity index (χ3n) is 2.69. The quantitative estimate of drug-likeness (QED) is 0.714. The fourth-order valence-corrected chi connectivity index (χ4v) is 2.60. The summed E-state index contributed by atoms with van der Waals surface area (Å²) in [6, 6.07) is 10.5. The van der Waals surface area contributed by atoms with E-state index < -0.39 is 0 Å². The number of hydrogen-bond donors (Lipinski definition) is 1. The summed E-state index contributed by atoms with van der Waals surface area (Å²) < 4.78 is 0. The Morgan fingerprint density at radius 3 is 2.94 bits per heavy atom. The summed E-state index contributed by atoms with van der Waals surface area (Å²) >= 11 is 1.77. The molecule has 0 atom stereocenters. The number of nitrogens with zero attached hydrogens (tertiary/aromatic N) is 1. The second-order valence-electron chi connectivity index (χ2n) is 3.91. The van der Waals surface area contributed by atoms with E-state index in [0.717, 1.165) is 23.3 Å². The molecule has 0 saturated heterocycles. The van der Waals surface area contributed by atoms with Crippen molar-refractivity contribution in [2.24, 2.45) is 0 Å². The van der Waals surface area contributed by atoms with Gasteiger partial charge in [0.05, 0.1) is 11.0 Å². The van der Waals surface area contributed by atoms with Crippen molar-refractivity contribution < 1.29 is 0 Å². The van der Waals surface area contributed by atoms with Crippen LogP contribution in [0.5, 0.6) is 0 Å². The maximum atomic E-state index is 4.64. The van der Waals surface area contributed by atoms with Crippen LogP contribution in [0.1, 0.15) is 16.3 Å². The molecule has 1 aromatic carbocycles. The molecule has 0 spiro atoms. The minimum Gasteiger partial charge on any atom is -0.342 e. The van der Waals surface area contributed by atoms with Crippen molar-refractivity contribution in [1.29, 1.82) is 0 Å². The van der Waals surface area contributed by atoms with Crippen molar-refractivity contribution in [2.45, 2.75) is 13.3 Å². The molecule has 0 unspecified atom stereocenters. The number of benzene rings is 1. The summed E-state index contributed by atoms with van der Waals surface area (Å²) in [7, 11) is 0. The smallest absolute Gasteiger partial charge is 0.112 e. The number of nitrogens with one attached hydrogen (secondary N) is 1. The van der Waals surface area contributed by atoms with Crippen LogP contribution in [0.2, 0.25) is 0 Å². The van der Waals surface area contributed by atoms with E-state index in [-0.39, 0.29) is 0 Å². The van der Waals surface area contributed by atoms with Gasteiger partial charge in [0.15, 0.2) is 0 Å². The van der Waals surface area contributed by atoms with Crippen molar-refractivity contribution in [1.82, 2.24) is 9.97 Å². The summed E-state index contributed by atoms with van der Waals surface area (Å²) in [5.41, 5.74) is 3.45. The van der Waals surface area contributed by atoms with Crippen LogP contribution in [-0.4, -0.2) is 9.97 Å². The van der Waals surface area contributed by atoms with Gasteiger partial charge in [0, 0.05) is 11.3 Å². The van der Waals surface area contributed by atoms with Gasteiger partial charge in [0.1, 0.15) is 5.82 Å². The number of fused-ring (bicyclic) bond motifs is 1. The number of H-pyrrole nitrogens is 1. The summed E-state index contributed by atoms with van der Waals surface area (Å²) in [5, 5.41) is 2.10. The number of rotatable bonds is 2. The average molecular weight is 228 g/mol. The molecule has 0 amide bonds. The molecule has 1 N–H and O–H groups in total. The van der Waals surface area contributed by atoms with Gasteiger partial charge in [-0.15, -0.1) is 11.3 Å². The Bertz CT molecular complexity index is 608. The molecule has 0 aliphatic heterocycles. The van der Waals surface area contributed by atoms with Gasteiger partial charge in [-0.05, 0) is 30.0 Å². The van der Waals surface area contributed by atoms with Crippen LogP contribution in [0.4, 0.5) is 0 Å². The van der Waals surface area contributed by atoms with Gasteiger partial charge in [-0.1, -0.05) is 18.2 Å². The van der Waals surface area contributed by atoms with Crippen molar-refractivity contribution in [3.05, 3.63) is 52.0 Å². The minimum absolute atomic E-state index is 0.895. The van der Waals surface area contributed by atoms with Gasteiger partial charge in [-0.25, -0.2) is 4.98 Å². The molecule has 0 fully saturated rings. The van der Waals surface area contributed by atoms with Gasteiger partial charge >= 0.3 is 0 Å². The first-order valence-electron chi connectivity index (χ1n) is 5.29. The van der Waals surface area contributed by atoms with Crippen molar-refractivity contribution in [3.63, 3.8) is 0 Å². The Balaban J connectivity index is 2.02. The Morgan fingerprint density at radius 1 is 1.25 bits per heavy atom. The number of hydrogen-bond acceptors (Lipinski definition) is 2. The van der Waals surface area contributed by atoms with Gasteiger partial charge in [0.25, 0.3) is 0 Å². The molecule has 3 aromatic rings. The standard InChI is InChI=1S/C13H12N2S/c1-9-4-2-6-11-13(9)15-12(14-11)8-10-5-3-7-16-10/h2-7H,8H2,1H3,(H,14,15). The molecule has 0 radical (unpaired) electrons. The zero-order chi connectivity index (χ0) is 11.0. The van der Waals surface area contributed by atoms with Gasteiger partial charge in [-0.2, -0.15) is 0 Å². The number of aryl methyl sites for hydroxylation is 1. The zero-order valence-corrected chi connectivity index (χ0v) is 9.84. The first-order chi connectivity index (χ1) is 7.83. The van der Waals surface area contributed by atoms with E-state index in [1.54, 1.807) is 11.3 Å². The lowest BCUT2D eigenvalue weighted by molar-refractivity contribution is 1.06. The van der Waals surface area contributed by atoms with Crippen LogP contribution in [0.3, 0.4) is 0 Å². The van der Waals surface area contributed by atoms with Crippen LogP contribution < -0.4 is 0 Å². The molecule has 0 aliphatic rings. The molecule has 2 heterocycles. The van der Waals surface area contributed by atoms with E-state index in [9.17, 15) is 0 Å². The van der Waals surface area contributed by atoms with Crippen LogP contribution in [0.15, 0.2) is 35.7 Å². The Kier molecular flexibility index (Phi) is 2.26. The lowest BCUT2D eigenvalue weighted by atomic mass is 10.2. The number of aromatic amines is 1. The molecular formula is C13H12N2S. The summed E-state index contributed by atoms with van der Waals surface area (Å²) in [4.78, 5) is 9.35. The highest BCUT2D eigenvalue weighted by Crippen LogP contribution is 2.18. The maximum Gasteiger partial charge on any atom is 0.112 e. The van der Waals surface area contributed by atoms with E-state index in [1.165, 1.54) is 10.4 Å². The van der Waals surface area contributed by atoms with Crippen LogP contribution in [0.25, 0.3) is 11.0 Å². The molecule has 80 valence electrons. The minimum atomic E-state index is 0.895. The number of aromatic nitrogens is 2. The Labute approximate surface area is 98.0 Å². The molecule has 0 saturated carbocycles. The predicted octanol–water partition coefficient (Wildman–Crippen LogP) is 3.52. The molecule has 3 heteroatoms. The molecule has 0 aliphatic carbocycles. The average Bonchev–Trinajstić information content (AvgIpc) is 2.88. The van der Waals surface area contributed by atoms with Gasteiger partial charge < -0.3 is 4.98 Å². The molecule has 3 rings (SSSR count). The normalized spacial score (nSPS) is 11.1. The van der Waals surface area contributed by atoms with E-state index in [4.69, 9.17) is 0 Å². The second kappa shape index (κ2) is 3.76. The van der Waals surface area contributed by atoms with Crippen LogP contribution in [0, 0.1) is 6.92 Å². The highest BCUT2D eigenvalue weighted by atomic mass is 32.1. The third-order valence-corrected chi connectivity index (χ3v) is 3.56. The monoisotopic (exact) mass is 228 g/mol. The van der Waals surface area contributed by atoms with Crippen molar-refractivity contribution >= 4 is 22.4 Å². The second-order valence-corrected chi connectivity index (χ2v) is 4.94.